The number of hydrogen-bond acceptors (Lipinski definition) is 7. The quantitative estimate of drug-likeness (QED) is 0.313. The Balaban J connectivity index is 1.68. The summed E-state index contributed by atoms with van der Waals surface area (Å²) in [5.74, 6) is -1.89. The van der Waals surface area contributed by atoms with Crippen LogP contribution < -0.4 is 10.4 Å². The monoisotopic (exact) mass is 503 g/mol. The van der Waals surface area contributed by atoms with Gasteiger partial charge in [-0.2, -0.15) is 10.4 Å². The smallest absolute Gasteiger partial charge is 0.348 e. The Morgan fingerprint density at radius 3 is 2.65 bits per heavy atom. The minimum absolute atomic E-state index is 0.0728. The summed E-state index contributed by atoms with van der Waals surface area (Å²) >= 11 is 0. The number of carbonyl (C=O) groups excluding carboxylic acids is 1. The van der Waals surface area contributed by atoms with Crippen LogP contribution in [0.4, 0.5) is 4.39 Å². The van der Waals surface area contributed by atoms with E-state index in [9.17, 15) is 24.2 Å². The lowest BCUT2D eigenvalue weighted by Crippen LogP contribution is -2.26. The number of aromatic hydroxyl groups is 2. The molecule has 0 aliphatic heterocycles. The molecule has 4 aromatic rings. The summed E-state index contributed by atoms with van der Waals surface area (Å²) in [6.07, 6.45) is 0.207. The van der Waals surface area contributed by atoms with E-state index in [0.29, 0.717) is 11.3 Å². The number of nitriles is 1. The molecule has 10 nitrogen and oxygen atoms in total. The number of rotatable bonds is 8. The van der Waals surface area contributed by atoms with Gasteiger partial charge in [0.1, 0.15) is 29.7 Å². The van der Waals surface area contributed by atoms with Crippen LogP contribution in [-0.2, 0) is 6.54 Å². The lowest BCUT2D eigenvalue weighted by atomic mass is 10.1. The Bertz CT molecular complexity index is 1560. The van der Waals surface area contributed by atoms with Gasteiger partial charge in [-0.1, -0.05) is 30.3 Å². The zero-order valence-electron chi connectivity index (χ0n) is 19.7. The standard InChI is InChI=1S/C26H22FN5O5/c1-31(15-16-7-2-5-10-23(16)37-12-6-11-28)25(35)18-13-17(21(33)14-22(18)34)24-29-30-26(36)32(24)20-9-4-3-8-19(20)27/h2-5,7-10,13-14,33-34H,6,12,15H2,1H3,(H,30,36). The third-order valence-corrected chi connectivity index (χ3v) is 5.55. The fourth-order valence-electron chi connectivity index (χ4n) is 3.78. The van der Waals surface area contributed by atoms with Crippen LogP contribution in [0.15, 0.2) is 65.5 Å². The Labute approximate surface area is 210 Å². The molecule has 0 bridgehead atoms. The molecule has 4 rings (SSSR count). The number of aromatic nitrogens is 3. The van der Waals surface area contributed by atoms with Crippen LogP contribution >= 0.6 is 0 Å². The first-order chi connectivity index (χ1) is 17.8. The van der Waals surface area contributed by atoms with Gasteiger partial charge in [0.05, 0.1) is 29.3 Å². The molecule has 0 aliphatic carbocycles. The molecule has 0 aliphatic rings. The lowest BCUT2D eigenvalue weighted by molar-refractivity contribution is 0.0781. The number of nitrogens with one attached hydrogen (secondary N) is 1. The van der Waals surface area contributed by atoms with Gasteiger partial charge in [0.25, 0.3) is 5.91 Å². The summed E-state index contributed by atoms with van der Waals surface area (Å²) < 4.78 is 21.0. The molecule has 37 heavy (non-hydrogen) atoms. The Kier molecular flexibility index (Phi) is 7.20. The maximum Gasteiger partial charge on any atom is 0.348 e. The van der Waals surface area contributed by atoms with Gasteiger partial charge >= 0.3 is 5.69 Å². The second-order valence-electron chi connectivity index (χ2n) is 8.05. The van der Waals surface area contributed by atoms with Crippen LogP contribution in [-0.4, -0.2) is 49.4 Å². The van der Waals surface area contributed by atoms with Crippen molar-refractivity contribution in [3.8, 4) is 40.4 Å². The van der Waals surface area contributed by atoms with Crippen molar-refractivity contribution >= 4 is 5.91 Å². The van der Waals surface area contributed by atoms with E-state index in [2.05, 4.69) is 10.2 Å². The normalized spacial score (nSPS) is 10.6. The molecule has 3 N–H and O–H groups in total. The van der Waals surface area contributed by atoms with E-state index in [1.54, 1.807) is 24.3 Å². The highest BCUT2D eigenvalue weighted by molar-refractivity contribution is 5.98. The number of phenols is 2. The molecule has 0 spiro atoms. The molecule has 0 fully saturated rings. The number of nitrogens with zero attached hydrogens (tertiary/aromatic N) is 4. The van der Waals surface area contributed by atoms with E-state index < -0.39 is 28.9 Å². The van der Waals surface area contributed by atoms with Crippen LogP contribution in [0.25, 0.3) is 17.1 Å². The third kappa shape index (κ3) is 5.13. The molecule has 0 saturated carbocycles. The van der Waals surface area contributed by atoms with E-state index in [4.69, 9.17) is 10.00 Å². The molecule has 1 heterocycles. The topological polar surface area (TPSA) is 144 Å². The number of hydrogen-bond donors (Lipinski definition) is 3. The summed E-state index contributed by atoms with van der Waals surface area (Å²) in [6, 6.07) is 16.7. The van der Waals surface area contributed by atoms with Gasteiger partial charge in [-0.3, -0.25) is 4.79 Å². The number of amides is 1. The number of carbonyl (C=O) groups is 1. The van der Waals surface area contributed by atoms with Crippen molar-refractivity contribution < 1.29 is 24.1 Å². The summed E-state index contributed by atoms with van der Waals surface area (Å²) in [6.45, 7) is 0.306. The number of halogens is 1. The summed E-state index contributed by atoms with van der Waals surface area (Å²) in [7, 11) is 1.52. The number of ether oxygens (including phenoxy) is 1. The highest BCUT2D eigenvalue weighted by Crippen LogP contribution is 2.35. The van der Waals surface area contributed by atoms with Crippen molar-refractivity contribution in [2.75, 3.05) is 13.7 Å². The first-order valence-electron chi connectivity index (χ1n) is 11.1. The highest BCUT2D eigenvalue weighted by Gasteiger charge is 2.24. The molecule has 0 saturated heterocycles. The number of aromatic amines is 1. The Morgan fingerprint density at radius 2 is 1.89 bits per heavy atom. The van der Waals surface area contributed by atoms with E-state index in [0.717, 1.165) is 10.6 Å². The first-order valence-corrected chi connectivity index (χ1v) is 11.1. The number of benzene rings is 3. The highest BCUT2D eigenvalue weighted by atomic mass is 19.1. The molecular weight excluding hydrogens is 481 g/mol. The van der Waals surface area contributed by atoms with Gasteiger partial charge in [-0.15, -0.1) is 0 Å². The van der Waals surface area contributed by atoms with Crippen molar-refractivity contribution in [2.24, 2.45) is 0 Å². The van der Waals surface area contributed by atoms with Crippen LogP contribution in [0.2, 0.25) is 0 Å². The van der Waals surface area contributed by atoms with E-state index in [1.807, 2.05) is 6.07 Å². The fraction of sp³-hybridized carbons (Fsp3) is 0.154. The maximum atomic E-state index is 14.5. The SMILES string of the molecule is CN(Cc1ccccc1OCCC#N)C(=O)c1cc(-c2n[nH]c(=O)n2-c2ccccc2F)c(O)cc1O. The molecule has 188 valence electrons. The number of para-hydroxylation sites is 2. The second kappa shape index (κ2) is 10.7. The van der Waals surface area contributed by atoms with Gasteiger partial charge in [0.2, 0.25) is 0 Å². The largest absolute Gasteiger partial charge is 0.507 e. The van der Waals surface area contributed by atoms with E-state index in [-0.39, 0.29) is 42.2 Å². The van der Waals surface area contributed by atoms with Gasteiger partial charge in [-0.25, -0.2) is 18.9 Å². The molecule has 1 amide bonds. The minimum atomic E-state index is -0.759. The first kappa shape index (κ1) is 25.0. The van der Waals surface area contributed by atoms with Gasteiger partial charge in [0, 0.05) is 25.2 Å². The van der Waals surface area contributed by atoms with Crippen LogP contribution in [0.1, 0.15) is 22.3 Å². The summed E-state index contributed by atoms with van der Waals surface area (Å²) in [5, 5.41) is 35.9. The summed E-state index contributed by atoms with van der Waals surface area (Å²) in [4.78, 5) is 27.1. The molecule has 3 aromatic carbocycles. The van der Waals surface area contributed by atoms with Crippen LogP contribution in [0, 0.1) is 17.1 Å². The fourth-order valence-corrected chi connectivity index (χ4v) is 3.78. The second-order valence-corrected chi connectivity index (χ2v) is 8.05. The average Bonchev–Trinajstić information content (AvgIpc) is 3.26. The van der Waals surface area contributed by atoms with Gasteiger partial charge in [-0.05, 0) is 24.3 Å². The summed E-state index contributed by atoms with van der Waals surface area (Å²) in [5.41, 5.74) is -0.437. The molecule has 0 atom stereocenters. The third-order valence-electron chi connectivity index (χ3n) is 5.55. The predicted octanol–water partition coefficient (Wildman–Crippen LogP) is 3.34. The number of phenolic OH excluding ortho intramolecular Hbond substituents is 2. The average molecular weight is 503 g/mol. The predicted molar refractivity (Wildman–Crippen MR) is 131 cm³/mol. The van der Waals surface area contributed by atoms with Gasteiger partial charge < -0.3 is 19.8 Å². The van der Waals surface area contributed by atoms with E-state index in [1.165, 1.54) is 42.3 Å². The molecule has 11 heteroatoms. The van der Waals surface area contributed by atoms with Crippen molar-refractivity contribution in [2.45, 2.75) is 13.0 Å². The lowest BCUT2D eigenvalue weighted by Gasteiger charge is -2.20. The van der Waals surface area contributed by atoms with Gasteiger partial charge in [0.15, 0.2) is 5.82 Å². The molecule has 1 aromatic heterocycles. The molecule has 0 unspecified atom stereocenters. The van der Waals surface area contributed by atoms with E-state index >= 15 is 0 Å². The molecular formula is C26H22FN5O5. The minimum Gasteiger partial charge on any atom is -0.507 e. The van der Waals surface area contributed by atoms with Crippen LogP contribution in [0.5, 0.6) is 17.2 Å². The Hall–Kier alpha value is -5.11. The maximum absolute atomic E-state index is 14.5. The number of H-pyrrole nitrogens is 1. The zero-order chi connectivity index (χ0) is 26.5. The van der Waals surface area contributed by atoms with Crippen LogP contribution in [0.3, 0.4) is 0 Å². The zero-order valence-corrected chi connectivity index (χ0v) is 19.7. The van der Waals surface area contributed by atoms with Crippen molar-refractivity contribution in [3.05, 3.63) is 88.1 Å². The Morgan fingerprint density at radius 1 is 1.16 bits per heavy atom. The molecule has 0 radical (unpaired) electrons. The van der Waals surface area contributed by atoms with Crippen molar-refractivity contribution in [3.63, 3.8) is 0 Å². The van der Waals surface area contributed by atoms with Crippen molar-refractivity contribution in [1.29, 1.82) is 5.26 Å². The van der Waals surface area contributed by atoms with Crippen molar-refractivity contribution in [1.82, 2.24) is 19.7 Å².